The Balaban J connectivity index is 1.78. The van der Waals surface area contributed by atoms with Gasteiger partial charge in [0, 0.05) is 24.0 Å². The first kappa shape index (κ1) is 13.3. The standard InChI is InChI=1S/C16H20FN3/c17-14-8-4-3-7-13(14)16(12-5-1-2-6-12)20-11-15-18-9-10-19-15/h3-4,7-10,12,16,20H,1-2,5-6,11H2,(H,18,19)/t16-/m1/s1. The summed E-state index contributed by atoms with van der Waals surface area (Å²) in [6.07, 6.45) is 8.39. The molecule has 1 aromatic carbocycles. The molecule has 0 unspecified atom stereocenters. The molecular formula is C16H20FN3. The van der Waals surface area contributed by atoms with Crippen molar-refractivity contribution in [2.75, 3.05) is 0 Å². The maximum absolute atomic E-state index is 14.1. The number of nitrogens with one attached hydrogen (secondary N) is 2. The monoisotopic (exact) mass is 273 g/mol. The van der Waals surface area contributed by atoms with E-state index < -0.39 is 0 Å². The molecule has 2 aromatic rings. The highest BCUT2D eigenvalue weighted by atomic mass is 19.1. The zero-order valence-electron chi connectivity index (χ0n) is 11.5. The Morgan fingerprint density at radius 3 is 2.80 bits per heavy atom. The van der Waals surface area contributed by atoms with Crippen LogP contribution >= 0.6 is 0 Å². The third-order valence-electron chi connectivity index (χ3n) is 4.16. The van der Waals surface area contributed by atoms with Gasteiger partial charge in [-0.1, -0.05) is 31.0 Å². The highest BCUT2D eigenvalue weighted by molar-refractivity contribution is 5.22. The molecule has 0 aliphatic heterocycles. The minimum absolute atomic E-state index is 0.0730. The van der Waals surface area contributed by atoms with Gasteiger partial charge in [0.25, 0.3) is 0 Å². The number of aromatic nitrogens is 2. The van der Waals surface area contributed by atoms with Crippen molar-refractivity contribution in [3.63, 3.8) is 0 Å². The number of nitrogens with zero attached hydrogens (tertiary/aromatic N) is 1. The molecule has 0 spiro atoms. The number of hydrogen-bond acceptors (Lipinski definition) is 2. The SMILES string of the molecule is Fc1ccccc1[C@H](NCc1ncc[nH]1)C1CCCC1. The van der Waals surface area contributed by atoms with E-state index in [1.807, 2.05) is 18.3 Å². The van der Waals surface area contributed by atoms with Crippen LogP contribution in [0.1, 0.15) is 43.1 Å². The van der Waals surface area contributed by atoms with Gasteiger partial charge in [-0.25, -0.2) is 9.37 Å². The molecule has 1 atom stereocenters. The van der Waals surface area contributed by atoms with Crippen molar-refractivity contribution in [1.29, 1.82) is 0 Å². The van der Waals surface area contributed by atoms with Gasteiger partial charge in [-0.2, -0.15) is 0 Å². The highest BCUT2D eigenvalue weighted by Gasteiger charge is 2.27. The molecular weight excluding hydrogens is 253 g/mol. The number of hydrogen-bond donors (Lipinski definition) is 2. The van der Waals surface area contributed by atoms with Crippen LogP contribution < -0.4 is 5.32 Å². The fourth-order valence-electron chi connectivity index (χ4n) is 3.15. The van der Waals surface area contributed by atoms with E-state index in [1.54, 1.807) is 18.3 Å². The maximum atomic E-state index is 14.1. The molecule has 1 aromatic heterocycles. The van der Waals surface area contributed by atoms with Crippen LogP contribution in [0.4, 0.5) is 4.39 Å². The largest absolute Gasteiger partial charge is 0.348 e. The minimum Gasteiger partial charge on any atom is -0.348 e. The van der Waals surface area contributed by atoms with E-state index in [0.717, 1.165) is 11.4 Å². The van der Waals surface area contributed by atoms with Gasteiger partial charge in [-0.05, 0) is 24.8 Å². The Morgan fingerprint density at radius 2 is 2.10 bits per heavy atom. The summed E-state index contributed by atoms with van der Waals surface area (Å²) < 4.78 is 14.1. The van der Waals surface area contributed by atoms with Gasteiger partial charge in [0.1, 0.15) is 11.6 Å². The second-order valence-electron chi connectivity index (χ2n) is 5.46. The van der Waals surface area contributed by atoms with E-state index in [0.29, 0.717) is 12.5 Å². The summed E-state index contributed by atoms with van der Waals surface area (Å²) in [5, 5.41) is 3.49. The van der Waals surface area contributed by atoms with E-state index in [1.165, 1.54) is 25.7 Å². The molecule has 20 heavy (non-hydrogen) atoms. The Labute approximate surface area is 118 Å². The fourth-order valence-corrected chi connectivity index (χ4v) is 3.15. The Hall–Kier alpha value is -1.68. The Morgan fingerprint density at radius 1 is 1.30 bits per heavy atom. The van der Waals surface area contributed by atoms with Crippen molar-refractivity contribution in [2.45, 2.75) is 38.3 Å². The third kappa shape index (κ3) is 2.90. The molecule has 1 saturated carbocycles. The van der Waals surface area contributed by atoms with Gasteiger partial charge >= 0.3 is 0 Å². The van der Waals surface area contributed by atoms with Crippen LogP contribution in [0, 0.1) is 11.7 Å². The van der Waals surface area contributed by atoms with Crippen molar-refractivity contribution in [3.8, 4) is 0 Å². The van der Waals surface area contributed by atoms with Crippen LogP contribution in [0.5, 0.6) is 0 Å². The number of halogens is 1. The van der Waals surface area contributed by atoms with Crippen molar-refractivity contribution in [1.82, 2.24) is 15.3 Å². The summed E-state index contributed by atoms with van der Waals surface area (Å²) in [4.78, 5) is 7.30. The summed E-state index contributed by atoms with van der Waals surface area (Å²) in [5.74, 6) is 1.29. The maximum Gasteiger partial charge on any atom is 0.127 e. The molecule has 3 nitrogen and oxygen atoms in total. The van der Waals surface area contributed by atoms with Gasteiger partial charge in [0.15, 0.2) is 0 Å². The number of rotatable bonds is 5. The zero-order chi connectivity index (χ0) is 13.8. The lowest BCUT2D eigenvalue weighted by atomic mass is 9.91. The summed E-state index contributed by atoms with van der Waals surface area (Å²) >= 11 is 0. The predicted octanol–water partition coefficient (Wildman–Crippen LogP) is 3.57. The normalized spacial score (nSPS) is 17.4. The molecule has 0 radical (unpaired) electrons. The molecule has 1 aliphatic carbocycles. The lowest BCUT2D eigenvalue weighted by Gasteiger charge is -2.25. The lowest BCUT2D eigenvalue weighted by Crippen LogP contribution is -2.28. The second-order valence-corrected chi connectivity index (χ2v) is 5.46. The number of imidazole rings is 1. The number of aromatic amines is 1. The van der Waals surface area contributed by atoms with Gasteiger partial charge in [0.2, 0.25) is 0 Å². The molecule has 4 heteroatoms. The van der Waals surface area contributed by atoms with Gasteiger partial charge in [-0.3, -0.25) is 0 Å². The molecule has 0 amide bonds. The second kappa shape index (κ2) is 6.18. The van der Waals surface area contributed by atoms with Crippen LogP contribution in [-0.4, -0.2) is 9.97 Å². The average molecular weight is 273 g/mol. The summed E-state index contributed by atoms with van der Waals surface area (Å²) in [7, 11) is 0. The smallest absolute Gasteiger partial charge is 0.127 e. The lowest BCUT2D eigenvalue weighted by molar-refractivity contribution is 0.352. The molecule has 0 saturated heterocycles. The van der Waals surface area contributed by atoms with E-state index in [2.05, 4.69) is 15.3 Å². The van der Waals surface area contributed by atoms with Crippen LogP contribution in [0.15, 0.2) is 36.7 Å². The van der Waals surface area contributed by atoms with Gasteiger partial charge in [-0.15, -0.1) is 0 Å². The summed E-state index contributed by atoms with van der Waals surface area (Å²) in [6.45, 7) is 0.641. The summed E-state index contributed by atoms with van der Waals surface area (Å²) in [6, 6.07) is 7.18. The minimum atomic E-state index is -0.114. The first-order valence-corrected chi connectivity index (χ1v) is 7.30. The molecule has 106 valence electrons. The van der Waals surface area contributed by atoms with Crippen LogP contribution in [0.3, 0.4) is 0 Å². The molecule has 1 fully saturated rings. The van der Waals surface area contributed by atoms with Crippen molar-refractivity contribution < 1.29 is 4.39 Å². The molecule has 1 heterocycles. The average Bonchev–Trinajstić information content (AvgIpc) is 3.14. The quantitative estimate of drug-likeness (QED) is 0.874. The fraction of sp³-hybridized carbons (Fsp3) is 0.438. The molecule has 2 N–H and O–H groups in total. The number of H-pyrrole nitrogens is 1. The van der Waals surface area contributed by atoms with E-state index in [-0.39, 0.29) is 11.9 Å². The van der Waals surface area contributed by atoms with Crippen LogP contribution in [0.2, 0.25) is 0 Å². The topological polar surface area (TPSA) is 40.7 Å². The zero-order valence-corrected chi connectivity index (χ0v) is 11.5. The van der Waals surface area contributed by atoms with E-state index in [9.17, 15) is 4.39 Å². The molecule has 3 rings (SSSR count). The number of benzene rings is 1. The first-order chi connectivity index (χ1) is 9.84. The van der Waals surface area contributed by atoms with Gasteiger partial charge in [0.05, 0.1) is 6.54 Å². The first-order valence-electron chi connectivity index (χ1n) is 7.30. The predicted molar refractivity (Wildman–Crippen MR) is 76.5 cm³/mol. The third-order valence-corrected chi connectivity index (χ3v) is 4.16. The van der Waals surface area contributed by atoms with Crippen LogP contribution in [0.25, 0.3) is 0 Å². The van der Waals surface area contributed by atoms with E-state index >= 15 is 0 Å². The van der Waals surface area contributed by atoms with E-state index in [4.69, 9.17) is 0 Å². The van der Waals surface area contributed by atoms with Gasteiger partial charge < -0.3 is 10.3 Å². The van der Waals surface area contributed by atoms with Crippen molar-refractivity contribution in [2.24, 2.45) is 5.92 Å². The van der Waals surface area contributed by atoms with Crippen molar-refractivity contribution >= 4 is 0 Å². The Bertz CT molecular complexity index is 532. The Kier molecular flexibility index (Phi) is 4.11. The highest BCUT2D eigenvalue weighted by Crippen LogP contribution is 2.36. The van der Waals surface area contributed by atoms with Crippen molar-refractivity contribution in [3.05, 3.63) is 53.9 Å². The molecule has 0 bridgehead atoms. The molecule has 1 aliphatic rings. The summed E-state index contributed by atoms with van der Waals surface area (Å²) in [5.41, 5.74) is 0.783. The van der Waals surface area contributed by atoms with Crippen LogP contribution in [-0.2, 0) is 6.54 Å².